The van der Waals surface area contributed by atoms with Crippen molar-refractivity contribution in [2.45, 2.75) is 13.5 Å². The lowest BCUT2D eigenvalue weighted by atomic mass is 10.2. The van der Waals surface area contributed by atoms with E-state index in [9.17, 15) is 10.1 Å². The van der Waals surface area contributed by atoms with Crippen LogP contribution in [0.4, 0.5) is 11.4 Å². The van der Waals surface area contributed by atoms with Crippen molar-refractivity contribution < 1.29 is 9.66 Å². The Balaban J connectivity index is 2.16. The lowest BCUT2D eigenvalue weighted by molar-refractivity contribution is -0.384. The number of hydrogen-bond donors (Lipinski definition) is 1. The largest absolute Gasteiger partial charge is 0.487 e. The Labute approximate surface area is 127 Å². The third-order valence-electron chi connectivity index (χ3n) is 2.86. The maximum atomic E-state index is 11.1. The Kier molecular flexibility index (Phi) is 5.00. The summed E-state index contributed by atoms with van der Waals surface area (Å²) in [6.45, 7) is 2.73. The molecule has 0 aliphatic heterocycles. The predicted molar refractivity (Wildman–Crippen MR) is 83.0 cm³/mol. The van der Waals surface area contributed by atoms with Crippen LogP contribution in [0.15, 0.2) is 42.5 Å². The van der Waals surface area contributed by atoms with Gasteiger partial charge in [0, 0.05) is 12.6 Å². The molecule has 2 aromatic carbocycles. The molecule has 2 rings (SSSR count). The molecular formula is C15H15ClN2O3. The van der Waals surface area contributed by atoms with Gasteiger partial charge >= 0.3 is 0 Å². The first-order valence-electron chi connectivity index (χ1n) is 6.50. The number of ether oxygens (including phenoxy) is 1. The van der Waals surface area contributed by atoms with Crippen LogP contribution in [0.5, 0.6) is 5.75 Å². The summed E-state index contributed by atoms with van der Waals surface area (Å²) in [5.74, 6) is 0.553. The van der Waals surface area contributed by atoms with Gasteiger partial charge in [0.25, 0.3) is 5.69 Å². The smallest absolute Gasteiger partial charge is 0.292 e. The molecule has 110 valence electrons. The quantitative estimate of drug-likeness (QED) is 0.640. The van der Waals surface area contributed by atoms with E-state index in [1.807, 2.05) is 19.1 Å². The van der Waals surface area contributed by atoms with Crippen LogP contribution in [-0.4, -0.2) is 11.5 Å². The molecule has 0 aromatic heterocycles. The zero-order valence-corrected chi connectivity index (χ0v) is 12.3. The predicted octanol–water partition coefficient (Wildman–Crippen LogP) is 4.26. The lowest BCUT2D eigenvalue weighted by Gasteiger charge is -2.09. The summed E-state index contributed by atoms with van der Waals surface area (Å²) in [5.41, 5.74) is 1.25. The van der Waals surface area contributed by atoms with Crippen LogP contribution in [0.1, 0.15) is 12.5 Å². The minimum atomic E-state index is -0.406. The number of nitrogens with one attached hydrogen (secondary N) is 1. The van der Waals surface area contributed by atoms with Crippen molar-refractivity contribution >= 4 is 23.0 Å². The second kappa shape index (κ2) is 6.95. The van der Waals surface area contributed by atoms with Crippen LogP contribution >= 0.6 is 11.6 Å². The van der Waals surface area contributed by atoms with Crippen LogP contribution in [0.25, 0.3) is 0 Å². The van der Waals surface area contributed by atoms with Crippen LogP contribution in [0.3, 0.4) is 0 Å². The Morgan fingerprint density at radius 3 is 2.71 bits per heavy atom. The molecule has 0 spiro atoms. The Morgan fingerprint density at radius 1 is 1.29 bits per heavy atom. The normalized spacial score (nSPS) is 10.2. The summed E-state index contributed by atoms with van der Waals surface area (Å²) in [4.78, 5) is 10.7. The second-order valence-corrected chi connectivity index (χ2v) is 4.77. The number of halogens is 1. The fourth-order valence-corrected chi connectivity index (χ4v) is 2.07. The molecule has 6 heteroatoms. The highest BCUT2D eigenvalue weighted by molar-refractivity contribution is 6.32. The lowest BCUT2D eigenvalue weighted by Crippen LogP contribution is -2.03. The zero-order chi connectivity index (χ0) is 15.2. The number of para-hydroxylation sites is 1. The maximum absolute atomic E-state index is 11.1. The summed E-state index contributed by atoms with van der Waals surface area (Å²) in [7, 11) is 0. The molecule has 0 amide bonds. The van der Waals surface area contributed by atoms with E-state index >= 15 is 0 Å². The summed E-state index contributed by atoms with van der Waals surface area (Å²) in [5, 5.41) is 14.6. The van der Waals surface area contributed by atoms with Crippen molar-refractivity contribution in [2.75, 3.05) is 11.9 Å². The first-order chi connectivity index (χ1) is 10.1. The van der Waals surface area contributed by atoms with Gasteiger partial charge < -0.3 is 10.1 Å². The minimum absolute atomic E-state index is 0.0390. The number of nitrogens with zero attached hydrogens (tertiary/aromatic N) is 1. The number of nitro groups is 1. The van der Waals surface area contributed by atoms with E-state index in [1.54, 1.807) is 24.3 Å². The van der Waals surface area contributed by atoms with Crippen molar-refractivity contribution in [3.63, 3.8) is 0 Å². The van der Waals surface area contributed by atoms with E-state index in [2.05, 4.69) is 5.32 Å². The number of anilines is 1. The summed E-state index contributed by atoms with van der Waals surface area (Å²) in [6.07, 6.45) is 0. The minimum Gasteiger partial charge on any atom is -0.487 e. The molecule has 0 heterocycles. The molecule has 0 unspecified atom stereocenters. The third kappa shape index (κ3) is 3.86. The van der Waals surface area contributed by atoms with Crippen LogP contribution in [0.2, 0.25) is 5.02 Å². The van der Waals surface area contributed by atoms with E-state index in [0.717, 1.165) is 0 Å². The number of rotatable bonds is 6. The monoisotopic (exact) mass is 306 g/mol. The van der Waals surface area contributed by atoms with Gasteiger partial charge in [0.05, 0.1) is 9.95 Å². The highest BCUT2D eigenvalue weighted by Gasteiger charge is 2.14. The molecule has 0 saturated carbocycles. The topological polar surface area (TPSA) is 64.4 Å². The molecule has 0 bridgehead atoms. The standard InChI is InChI=1S/C15H15ClN2O3/c1-2-17-13-8-7-11(9-14(13)18(19)20)10-21-15-6-4-3-5-12(15)16/h3-9,17H,2,10H2,1H3. The van der Waals surface area contributed by atoms with Gasteiger partial charge in [-0.1, -0.05) is 29.8 Å². The Hall–Kier alpha value is -2.27. The Bertz CT molecular complexity index is 647. The van der Waals surface area contributed by atoms with Gasteiger partial charge in [0.2, 0.25) is 0 Å². The fourth-order valence-electron chi connectivity index (χ4n) is 1.88. The molecule has 0 aliphatic rings. The van der Waals surface area contributed by atoms with Gasteiger partial charge in [-0.25, -0.2) is 0 Å². The molecule has 0 fully saturated rings. The van der Waals surface area contributed by atoms with Gasteiger partial charge in [-0.3, -0.25) is 10.1 Å². The van der Waals surface area contributed by atoms with Gasteiger partial charge in [-0.05, 0) is 30.7 Å². The van der Waals surface area contributed by atoms with E-state index in [4.69, 9.17) is 16.3 Å². The van der Waals surface area contributed by atoms with Crippen molar-refractivity contribution in [3.05, 3.63) is 63.2 Å². The average molecular weight is 307 g/mol. The Morgan fingerprint density at radius 2 is 2.05 bits per heavy atom. The number of nitro benzene ring substituents is 1. The van der Waals surface area contributed by atoms with Crippen molar-refractivity contribution in [3.8, 4) is 5.75 Å². The van der Waals surface area contributed by atoms with Crippen molar-refractivity contribution in [2.24, 2.45) is 0 Å². The van der Waals surface area contributed by atoms with E-state index in [0.29, 0.717) is 28.6 Å². The van der Waals surface area contributed by atoms with Crippen LogP contribution < -0.4 is 10.1 Å². The van der Waals surface area contributed by atoms with E-state index in [1.165, 1.54) is 6.07 Å². The molecule has 5 nitrogen and oxygen atoms in total. The van der Waals surface area contributed by atoms with E-state index in [-0.39, 0.29) is 12.3 Å². The fraction of sp³-hybridized carbons (Fsp3) is 0.200. The molecular weight excluding hydrogens is 292 g/mol. The average Bonchev–Trinajstić information content (AvgIpc) is 2.47. The number of benzene rings is 2. The first kappa shape index (κ1) is 15.1. The highest BCUT2D eigenvalue weighted by atomic mass is 35.5. The van der Waals surface area contributed by atoms with E-state index < -0.39 is 4.92 Å². The molecule has 21 heavy (non-hydrogen) atoms. The van der Waals surface area contributed by atoms with Gasteiger partial charge in [0.15, 0.2) is 0 Å². The SMILES string of the molecule is CCNc1ccc(COc2ccccc2Cl)cc1[N+](=O)[O-]. The van der Waals surface area contributed by atoms with Gasteiger partial charge in [-0.15, -0.1) is 0 Å². The molecule has 2 aromatic rings. The number of hydrogen-bond acceptors (Lipinski definition) is 4. The molecule has 1 N–H and O–H groups in total. The third-order valence-corrected chi connectivity index (χ3v) is 3.17. The maximum Gasteiger partial charge on any atom is 0.292 e. The molecule has 0 saturated heterocycles. The van der Waals surface area contributed by atoms with Crippen LogP contribution in [0, 0.1) is 10.1 Å². The second-order valence-electron chi connectivity index (χ2n) is 4.36. The van der Waals surface area contributed by atoms with Gasteiger partial charge in [0.1, 0.15) is 18.0 Å². The molecule has 0 radical (unpaired) electrons. The first-order valence-corrected chi connectivity index (χ1v) is 6.88. The molecule has 0 atom stereocenters. The van der Waals surface area contributed by atoms with Crippen LogP contribution in [-0.2, 0) is 6.61 Å². The summed E-state index contributed by atoms with van der Waals surface area (Å²) < 4.78 is 5.58. The molecule has 0 aliphatic carbocycles. The van der Waals surface area contributed by atoms with Crippen molar-refractivity contribution in [1.82, 2.24) is 0 Å². The van der Waals surface area contributed by atoms with Crippen molar-refractivity contribution in [1.29, 1.82) is 0 Å². The zero-order valence-electron chi connectivity index (χ0n) is 11.5. The van der Waals surface area contributed by atoms with Gasteiger partial charge in [-0.2, -0.15) is 0 Å². The summed E-state index contributed by atoms with van der Waals surface area (Å²) in [6, 6.07) is 12.1. The highest BCUT2D eigenvalue weighted by Crippen LogP contribution is 2.27. The summed E-state index contributed by atoms with van der Waals surface area (Å²) >= 11 is 6.00.